The summed E-state index contributed by atoms with van der Waals surface area (Å²) in [6.07, 6.45) is 0. The van der Waals surface area contributed by atoms with Crippen molar-refractivity contribution in [1.82, 2.24) is 5.32 Å². The second-order valence-corrected chi connectivity index (χ2v) is 7.17. The molecule has 4 nitrogen and oxygen atoms in total. The third-order valence-corrected chi connectivity index (χ3v) is 5.36. The van der Waals surface area contributed by atoms with Crippen molar-refractivity contribution in [1.29, 1.82) is 0 Å². The van der Waals surface area contributed by atoms with Gasteiger partial charge in [0.05, 0.1) is 0 Å². The molecule has 2 N–H and O–H groups in total. The topological polar surface area (TPSA) is 52.6 Å². The predicted molar refractivity (Wildman–Crippen MR) is 72.6 cm³/mol. The molecule has 2 heterocycles. The Morgan fingerprint density at radius 2 is 2.06 bits per heavy atom. The summed E-state index contributed by atoms with van der Waals surface area (Å²) in [6.45, 7) is 0. The Hall–Kier alpha value is -1.05. The lowest BCUT2D eigenvalue weighted by atomic mass is 10.1. The fraction of sp³-hybridized carbons (Fsp3) is 0.364. The minimum Gasteiger partial charge on any atom is -0.352 e. The number of fused-ring (bicyclic) bond motifs is 1. The molecule has 7 heteroatoms. The van der Waals surface area contributed by atoms with E-state index < -0.39 is 10.2 Å². The first kappa shape index (κ1) is 12.0. The van der Waals surface area contributed by atoms with Crippen molar-refractivity contribution < 1.29 is 13.2 Å². The van der Waals surface area contributed by atoms with Gasteiger partial charge in [0.1, 0.15) is 17.9 Å². The maximum atomic E-state index is 12.9. The molecule has 18 heavy (non-hydrogen) atoms. The lowest BCUT2D eigenvalue weighted by molar-refractivity contribution is 0.502. The van der Waals surface area contributed by atoms with Crippen LogP contribution in [0.15, 0.2) is 24.3 Å². The van der Waals surface area contributed by atoms with Crippen LogP contribution in [0.5, 0.6) is 0 Å². The molecule has 1 unspecified atom stereocenters. The second-order valence-electron chi connectivity index (χ2n) is 4.58. The average molecular weight is 287 g/mol. The van der Waals surface area contributed by atoms with E-state index in [1.54, 1.807) is 12.1 Å². The van der Waals surface area contributed by atoms with Gasteiger partial charge < -0.3 is 10.2 Å². The first-order chi connectivity index (χ1) is 8.46. The molecular formula is C11H12FN2O2S2+. The van der Waals surface area contributed by atoms with Crippen LogP contribution in [-0.2, 0) is 14.4 Å². The number of rotatable bonds is 1. The van der Waals surface area contributed by atoms with Crippen LogP contribution in [-0.4, -0.2) is 33.3 Å². The van der Waals surface area contributed by atoms with Crippen molar-refractivity contribution >= 4 is 33.2 Å². The van der Waals surface area contributed by atoms with E-state index in [2.05, 4.69) is 5.32 Å². The highest BCUT2D eigenvalue weighted by Gasteiger charge is 2.54. The minimum absolute atomic E-state index is 0.0972. The van der Waals surface area contributed by atoms with Gasteiger partial charge in [-0.25, -0.2) is 4.39 Å². The molecule has 3 atom stereocenters. The molecular weight excluding hydrogens is 275 g/mol. The van der Waals surface area contributed by atoms with Gasteiger partial charge in [-0.15, -0.1) is 0 Å². The van der Waals surface area contributed by atoms with Gasteiger partial charge >= 0.3 is 0 Å². The van der Waals surface area contributed by atoms with Gasteiger partial charge in [-0.1, -0.05) is 4.21 Å². The summed E-state index contributed by atoms with van der Waals surface area (Å²) in [5, 5.41) is 3.59. The normalized spacial score (nSPS) is 34.6. The van der Waals surface area contributed by atoms with E-state index in [9.17, 15) is 13.2 Å². The van der Waals surface area contributed by atoms with Gasteiger partial charge in [0, 0.05) is 5.69 Å². The molecule has 0 aliphatic carbocycles. The first-order valence-electron chi connectivity index (χ1n) is 5.53. The zero-order valence-electron chi connectivity index (χ0n) is 9.38. The molecule has 96 valence electrons. The highest BCUT2D eigenvalue weighted by Crippen LogP contribution is 2.31. The van der Waals surface area contributed by atoms with Crippen molar-refractivity contribution in [3.8, 4) is 0 Å². The summed E-state index contributed by atoms with van der Waals surface area (Å²) >= 11 is 5.23. The quantitative estimate of drug-likeness (QED) is 0.601. The van der Waals surface area contributed by atoms with E-state index in [1.165, 1.54) is 12.1 Å². The van der Waals surface area contributed by atoms with Gasteiger partial charge in [-0.3, -0.25) is 0 Å². The van der Waals surface area contributed by atoms with E-state index >= 15 is 0 Å². The highest BCUT2D eigenvalue weighted by atomic mass is 32.3. The maximum absolute atomic E-state index is 12.9. The number of anilines is 1. The van der Waals surface area contributed by atoms with Crippen molar-refractivity contribution in [3.63, 3.8) is 0 Å². The number of thiocarbonyl (C=S) groups is 1. The Bertz CT molecular complexity index is 548. The van der Waals surface area contributed by atoms with Gasteiger partial charge in [-0.2, -0.15) is 4.55 Å². The van der Waals surface area contributed by atoms with Crippen LogP contribution >= 0.6 is 12.2 Å². The molecule has 0 radical (unpaired) electrons. The fourth-order valence-electron chi connectivity index (χ4n) is 2.52. The smallest absolute Gasteiger partial charge is 0.218 e. The van der Waals surface area contributed by atoms with E-state index in [1.807, 2.05) is 4.90 Å². The standard InChI is InChI=1S/C11H11FN2O2S2/c12-7-1-3-8(4-2-7)14-10-6-18(15,16)5-9(10)13-11(14)17/h1-4,9-10H,5-6H2,(H-,13,15,16,17)/p+1/t9-,10+/m1/s1. The molecule has 0 amide bonds. The molecule has 0 saturated carbocycles. The molecule has 2 aliphatic heterocycles. The summed E-state index contributed by atoms with van der Waals surface area (Å²) < 4.78 is 34.3. The summed E-state index contributed by atoms with van der Waals surface area (Å²) in [6, 6.07) is 5.75. The average Bonchev–Trinajstić information content (AvgIpc) is 2.70. The maximum Gasteiger partial charge on any atom is 0.218 e. The summed E-state index contributed by atoms with van der Waals surface area (Å²) in [4.78, 5) is 1.81. The molecule has 0 aromatic heterocycles. The van der Waals surface area contributed by atoms with Crippen LogP contribution in [0.4, 0.5) is 10.1 Å². The van der Waals surface area contributed by atoms with Crippen LogP contribution in [0.3, 0.4) is 0 Å². The lowest BCUT2D eigenvalue weighted by Crippen LogP contribution is -2.37. The molecule has 1 aromatic carbocycles. The number of hydrogen-bond donors (Lipinski definition) is 2. The van der Waals surface area contributed by atoms with Gasteiger partial charge in [0.25, 0.3) is 0 Å². The highest BCUT2D eigenvalue weighted by molar-refractivity contribution is 7.98. The SMILES string of the molecule is O=[S+]1(O)C[C@H]2NC(=S)N(c3ccc(F)cc3)[C@H]2C1. The van der Waals surface area contributed by atoms with Crippen LogP contribution in [0, 0.1) is 5.82 Å². The van der Waals surface area contributed by atoms with Crippen molar-refractivity contribution in [2.45, 2.75) is 12.1 Å². The van der Waals surface area contributed by atoms with Crippen molar-refractivity contribution in [3.05, 3.63) is 30.1 Å². The molecule has 3 rings (SSSR count). The van der Waals surface area contributed by atoms with E-state index in [0.29, 0.717) is 5.11 Å². The molecule has 2 aliphatic rings. The Labute approximate surface area is 110 Å². The monoisotopic (exact) mass is 287 g/mol. The summed E-state index contributed by atoms with van der Waals surface area (Å²) in [5.41, 5.74) is 0.749. The number of halogens is 1. The van der Waals surface area contributed by atoms with Crippen LogP contribution in [0.1, 0.15) is 0 Å². The zero-order chi connectivity index (χ0) is 12.9. The van der Waals surface area contributed by atoms with Crippen molar-refractivity contribution in [2.24, 2.45) is 0 Å². The fourth-order valence-corrected chi connectivity index (χ4v) is 4.83. The predicted octanol–water partition coefficient (Wildman–Crippen LogP) is 1.24. The molecule has 2 fully saturated rings. The van der Waals surface area contributed by atoms with Gasteiger partial charge in [-0.05, 0) is 36.5 Å². The van der Waals surface area contributed by atoms with Crippen molar-refractivity contribution in [2.75, 3.05) is 16.4 Å². The number of hydrogen-bond acceptors (Lipinski definition) is 2. The largest absolute Gasteiger partial charge is 0.352 e. The Morgan fingerprint density at radius 3 is 2.72 bits per heavy atom. The van der Waals surface area contributed by atoms with Gasteiger partial charge in [0.2, 0.25) is 10.2 Å². The zero-order valence-corrected chi connectivity index (χ0v) is 11.0. The van der Waals surface area contributed by atoms with E-state index in [4.69, 9.17) is 12.2 Å². The van der Waals surface area contributed by atoms with Gasteiger partial charge in [0.15, 0.2) is 16.6 Å². The lowest BCUT2D eigenvalue weighted by Gasteiger charge is -2.21. The number of nitrogens with zero attached hydrogens (tertiary/aromatic N) is 1. The molecule has 2 saturated heterocycles. The first-order valence-corrected chi connectivity index (χ1v) is 7.80. The van der Waals surface area contributed by atoms with Crippen LogP contribution in [0.25, 0.3) is 0 Å². The Balaban J connectivity index is 1.94. The van der Waals surface area contributed by atoms with Crippen LogP contribution < -0.4 is 10.2 Å². The second kappa shape index (κ2) is 3.97. The third-order valence-electron chi connectivity index (χ3n) is 3.30. The Kier molecular flexibility index (Phi) is 2.65. The Morgan fingerprint density at radius 1 is 1.39 bits per heavy atom. The summed E-state index contributed by atoms with van der Waals surface area (Å²) in [5.74, 6) is 0.100. The number of nitrogens with one attached hydrogen (secondary N) is 1. The molecule has 0 bridgehead atoms. The summed E-state index contributed by atoms with van der Waals surface area (Å²) in [7, 11) is -2.77. The molecule has 0 spiro atoms. The molecule has 1 aromatic rings. The minimum atomic E-state index is -2.77. The third kappa shape index (κ3) is 1.92. The number of benzene rings is 1. The van der Waals surface area contributed by atoms with E-state index in [-0.39, 0.29) is 29.4 Å². The van der Waals surface area contributed by atoms with Crippen LogP contribution in [0.2, 0.25) is 0 Å². The van der Waals surface area contributed by atoms with E-state index in [0.717, 1.165) is 5.69 Å².